The molecule has 0 saturated heterocycles. The van der Waals surface area contributed by atoms with E-state index in [0.29, 0.717) is 11.1 Å². The average molecular weight is 411 g/mol. The van der Waals surface area contributed by atoms with E-state index < -0.39 is 35.7 Å². The predicted molar refractivity (Wildman–Crippen MR) is 107 cm³/mol. The molecule has 2 amide bonds. The summed E-state index contributed by atoms with van der Waals surface area (Å²) in [6, 6.07) is 12.2. The summed E-state index contributed by atoms with van der Waals surface area (Å²) in [5.74, 6) is -2.04. The Morgan fingerprint density at radius 1 is 0.967 bits per heavy atom. The lowest BCUT2D eigenvalue weighted by molar-refractivity contribution is -0.145. The van der Waals surface area contributed by atoms with Crippen molar-refractivity contribution in [3.05, 3.63) is 71.0 Å². The summed E-state index contributed by atoms with van der Waals surface area (Å²) in [6.45, 7) is 1.28. The van der Waals surface area contributed by atoms with E-state index >= 15 is 0 Å². The number of rotatable bonds is 8. The number of nitrogens with one attached hydrogen (secondary N) is 2. The summed E-state index contributed by atoms with van der Waals surface area (Å²) in [7, 11) is 1.21. The number of hydrogen-bond acceptors (Lipinski definition) is 5. The van der Waals surface area contributed by atoms with Gasteiger partial charge in [-0.05, 0) is 35.4 Å². The van der Waals surface area contributed by atoms with Crippen LogP contribution in [0.1, 0.15) is 23.6 Å². The Bertz CT molecular complexity index is 936. The van der Waals surface area contributed by atoms with Crippen LogP contribution in [0.3, 0.4) is 0 Å². The second kappa shape index (κ2) is 10.7. The van der Waals surface area contributed by atoms with Gasteiger partial charge < -0.3 is 15.4 Å². The number of amides is 2. The second-order valence-corrected chi connectivity index (χ2v) is 6.68. The van der Waals surface area contributed by atoms with E-state index in [1.54, 1.807) is 24.3 Å². The van der Waals surface area contributed by atoms with Gasteiger partial charge in [-0.15, -0.1) is 0 Å². The zero-order chi connectivity index (χ0) is 22.1. The molecule has 0 saturated carbocycles. The quantitative estimate of drug-likeness (QED) is 0.642. The zero-order valence-corrected chi connectivity index (χ0v) is 16.6. The van der Waals surface area contributed by atoms with E-state index in [0.717, 1.165) is 5.56 Å². The molecule has 0 aliphatic rings. The maximum absolute atomic E-state index is 13.1. The lowest BCUT2D eigenvalue weighted by Crippen LogP contribution is -2.53. The molecule has 2 aromatic carbocycles. The minimum atomic E-state index is -0.986. The van der Waals surface area contributed by atoms with Crippen LogP contribution in [0.2, 0.25) is 0 Å². The lowest BCUT2D eigenvalue weighted by atomic mass is 10.0. The molecule has 0 unspecified atom stereocenters. The molecule has 0 spiro atoms. The average Bonchev–Trinajstić information content (AvgIpc) is 2.73. The third kappa shape index (κ3) is 6.71. The van der Waals surface area contributed by atoms with Gasteiger partial charge in [-0.3, -0.25) is 9.59 Å². The van der Waals surface area contributed by atoms with Gasteiger partial charge in [-0.2, -0.15) is 5.26 Å². The highest BCUT2D eigenvalue weighted by atomic mass is 19.1. The maximum Gasteiger partial charge on any atom is 0.328 e. The molecule has 2 atom stereocenters. The molecule has 0 radical (unpaired) electrons. The summed E-state index contributed by atoms with van der Waals surface area (Å²) < 4.78 is 17.9. The topological polar surface area (TPSA) is 108 Å². The Labute approximate surface area is 173 Å². The fourth-order valence-corrected chi connectivity index (χ4v) is 2.87. The molecule has 0 aliphatic heterocycles. The Morgan fingerprint density at radius 2 is 1.50 bits per heavy atom. The van der Waals surface area contributed by atoms with Crippen molar-refractivity contribution in [2.75, 3.05) is 7.11 Å². The highest BCUT2D eigenvalue weighted by Gasteiger charge is 2.27. The monoisotopic (exact) mass is 411 g/mol. The molecule has 0 fully saturated rings. The van der Waals surface area contributed by atoms with Gasteiger partial charge in [0.1, 0.15) is 17.9 Å². The predicted octanol–water partition coefficient (Wildman–Crippen LogP) is 1.65. The van der Waals surface area contributed by atoms with Crippen LogP contribution in [0, 0.1) is 17.1 Å². The molecule has 0 heterocycles. The smallest absolute Gasteiger partial charge is 0.328 e. The summed E-state index contributed by atoms with van der Waals surface area (Å²) in [5, 5.41) is 14.1. The molecule has 2 aromatic rings. The normalized spacial score (nSPS) is 12.2. The van der Waals surface area contributed by atoms with Crippen molar-refractivity contribution in [3.8, 4) is 6.07 Å². The molecule has 0 aromatic heterocycles. The SMILES string of the molecule is COC(=O)[C@H](Cc1ccc(C#N)cc1)NC(=O)[C@H](Cc1ccc(F)cc1)NC(C)=O. The van der Waals surface area contributed by atoms with Crippen molar-refractivity contribution in [1.29, 1.82) is 5.26 Å². The van der Waals surface area contributed by atoms with Gasteiger partial charge in [0.2, 0.25) is 11.8 Å². The highest BCUT2D eigenvalue weighted by molar-refractivity contribution is 5.90. The number of esters is 1. The highest BCUT2D eigenvalue weighted by Crippen LogP contribution is 2.10. The van der Waals surface area contributed by atoms with Crippen LogP contribution >= 0.6 is 0 Å². The number of carbonyl (C=O) groups is 3. The van der Waals surface area contributed by atoms with Crippen molar-refractivity contribution in [3.63, 3.8) is 0 Å². The molecule has 2 rings (SSSR count). The van der Waals surface area contributed by atoms with Crippen LogP contribution < -0.4 is 10.6 Å². The fourth-order valence-electron chi connectivity index (χ4n) is 2.87. The number of ether oxygens (including phenoxy) is 1. The van der Waals surface area contributed by atoms with Gasteiger partial charge >= 0.3 is 5.97 Å². The fraction of sp³-hybridized carbons (Fsp3) is 0.273. The maximum atomic E-state index is 13.1. The molecular formula is C22H22FN3O4. The van der Waals surface area contributed by atoms with Crippen molar-refractivity contribution >= 4 is 17.8 Å². The first-order valence-electron chi connectivity index (χ1n) is 9.21. The van der Waals surface area contributed by atoms with E-state index in [4.69, 9.17) is 10.00 Å². The number of hydrogen-bond donors (Lipinski definition) is 2. The standard InChI is InChI=1S/C22H22FN3O4/c1-14(27)25-19(11-16-7-9-18(23)10-8-16)21(28)26-20(22(29)30-2)12-15-3-5-17(13-24)6-4-15/h3-10,19-20H,11-12H2,1-2H3,(H,25,27)(H,26,28)/t19-,20-/m0/s1. The van der Waals surface area contributed by atoms with Crippen molar-refractivity contribution < 1.29 is 23.5 Å². The minimum Gasteiger partial charge on any atom is -0.467 e. The number of benzene rings is 2. The van der Waals surface area contributed by atoms with E-state index in [2.05, 4.69) is 10.6 Å². The lowest BCUT2D eigenvalue weighted by Gasteiger charge is -2.22. The zero-order valence-electron chi connectivity index (χ0n) is 16.6. The number of carbonyl (C=O) groups excluding carboxylic acids is 3. The van der Waals surface area contributed by atoms with Crippen LogP contribution in [0.25, 0.3) is 0 Å². The van der Waals surface area contributed by atoms with Crippen LogP contribution in [0.5, 0.6) is 0 Å². The third-order valence-electron chi connectivity index (χ3n) is 4.37. The van der Waals surface area contributed by atoms with Crippen molar-refractivity contribution in [2.45, 2.75) is 31.8 Å². The van der Waals surface area contributed by atoms with E-state index in [9.17, 15) is 18.8 Å². The van der Waals surface area contributed by atoms with Gasteiger partial charge in [-0.1, -0.05) is 24.3 Å². The Morgan fingerprint density at radius 3 is 2.00 bits per heavy atom. The molecule has 0 aliphatic carbocycles. The van der Waals surface area contributed by atoms with Crippen LogP contribution in [0.15, 0.2) is 48.5 Å². The molecule has 7 nitrogen and oxygen atoms in total. The van der Waals surface area contributed by atoms with Gasteiger partial charge in [0.15, 0.2) is 0 Å². The van der Waals surface area contributed by atoms with Crippen molar-refractivity contribution in [2.24, 2.45) is 0 Å². The van der Waals surface area contributed by atoms with E-state index in [1.165, 1.54) is 38.3 Å². The molecule has 8 heteroatoms. The summed E-state index contributed by atoms with van der Waals surface area (Å²) in [4.78, 5) is 36.6. The molecule has 30 heavy (non-hydrogen) atoms. The first-order valence-corrected chi connectivity index (χ1v) is 9.21. The summed E-state index contributed by atoms with van der Waals surface area (Å²) in [5.41, 5.74) is 1.84. The third-order valence-corrected chi connectivity index (χ3v) is 4.37. The van der Waals surface area contributed by atoms with Crippen LogP contribution in [-0.4, -0.2) is 37.0 Å². The number of nitrogens with zero attached hydrogens (tertiary/aromatic N) is 1. The Kier molecular flexibility index (Phi) is 8.06. The Balaban J connectivity index is 2.16. The van der Waals surface area contributed by atoms with Gasteiger partial charge in [0.25, 0.3) is 0 Å². The first-order chi connectivity index (χ1) is 14.3. The van der Waals surface area contributed by atoms with Crippen LogP contribution in [-0.2, 0) is 32.0 Å². The molecule has 156 valence electrons. The number of nitriles is 1. The van der Waals surface area contributed by atoms with E-state index in [1.807, 2.05) is 6.07 Å². The molecular weight excluding hydrogens is 389 g/mol. The summed E-state index contributed by atoms with van der Waals surface area (Å²) in [6.07, 6.45) is 0.268. The van der Waals surface area contributed by atoms with Gasteiger partial charge in [-0.25, -0.2) is 9.18 Å². The number of methoxy groups -OCH3 is 1. The molecule has 2 N–H and O–H groups in total. The van der Waals surface area contributed by atoms with Gasteiger partial charge in [0.05, 0.1) is 18.7 Å². The minimum absolute atomic E-state index is 0.121. The van der Waals surface area contributed by atoms with Crippen molar-refractivity contribution in [1.82, 2.24) is 10.6 Å². The second-order valence-electron chi connectivity index (χ2n) is 6.68. The first kappa shape index (κ1) is 22.6. The Hall–Kier alpha value is -3.73. The van der Waals surface area contributed by atoms with Crippen LogP contribution in [0.4, 0.5) is 4.39 Å². The summed E-state index contributed by atoms with van der Waals surface area (Å²) >= 11 is 0. The number of halogens is 1. The largest absolute Gasteiger partial charge is 0.467 e. The van der Waals surface area contributed by atoms with Gasteiger partial charge in [0, 0.05) is 19.8 Å². The van der Waals surface area contributed by atoms with E-state index in [-0.39, 0.29) is 12.8 Å². The molecule has 0 bridgehead atoms.